The first-order valence-corrected chi connectivity index (χ1v) is 10.2. The fraction of sp³-hybridized carbons (Fsp3) is 0.208. The van der Waals surface area contributed by atoms with E-state index in [0.717, 1.165) is 40.1 Å². The molecule has 0 bridgehead atoms. The minimum absolute atomic E-state index is 0.000336. The lowest BCUT2D eigenvalue weighted by Gasteiger charge is -2.18. The first-order chi connectivity index (χ1) is 14.1. The fourth-order valence-corrected chi connectivity index (χ4v) is 4.24. The molecule has 1 aliphatic carbocycles. The first kappa shape index (κ1) is 18.1. The molecule has 0 unspecified atom stereocenters. The highest BCUT2D eigenvalue weighted by molar-refractivity contribution is 6.29. The van der Waals surface area contributed by atoms with Crippen LogP contribution in [0.25, 0.3) is 33.4 Å². The Hall–Kier alpha value is -2.98. The molecule has 5 rings (SSSR count). The molecule has 0 aliphatic heterocycles. The van der Waals surface area contributed by atoms with Crippen LogP contribution in [0.3, 0.4) is 0 Å². The maximum absolute atomic E-state index is 12.9. The number of nitrogens with zero attached hydrogens (tertiary/aromatic N) is 2. The molecule has 3 aromatic heterocycles. The van der Waals surface area contributed by atoms with Crippen molar-refractivity contribution < 1.29 is 0 Å². The Bertz CT molecular complexity index is 1260. The zero-order chi connectivity index (χ0) is 20.0. The number of fused-ring (bicyclic) bond motifs is 1. The predicted octanol–water partition coefficient (Wildman–Crippen LogP) is 5.57. The van der Waals surface area contributed by atoms with E-state index in [1.165, 1.54) is 12.8 Å². The van der Waals surface area contributed by atoms with Gasteiger partial charge in [0.25, 0.3) is 0 Å². The van der Waals surface area contributed by atoms with Crippen molar-refractivity contribution in [2.45, 2.75) is 26.2 Å². The van der Waals surface area contributed by atoms with Crippen molar-refractivity contribution >= 4 is 22.6 Å². The van der Waals surface area contributed by atoms with Gasteiger partial charge in [-0.2, -0.15) is 0 Å². The molecule has 4 aromatic rings. The van der Waals surface area contributed by atoms with Crippen LogP contribution in [0.4, 0.5) is 0 Å². The van der Waals surface area contributed by atoms with Crippen LogP contribution in [-0.2, 0) is 6.42 Å². The summed E-state index contributed by atoms with van der Waals surface area (Å²) in [6.07, 6.45) is 4.93. The molecule has 1 fully saturated rings. The summed E-state index contributed by atoms with van der Waals surface area (Å²) in [4.78, 5) is 25.3. The summed E-state index contributed by atoms with van der Waals surface area (Å²) < 4.78 is 0. The van der Waals surface area contributed by atoms with E-state index in [1.807, 2.05) is 37.3 Å². The van der Waals surface area contributed by atoms with E-state index in [-0.39, 0.29) is 5.43 Å². The van der Waals surface area contributed by atoms with Crippen molar-refractivity contribution in [2.75, 3.05) is 0 Å². The van der Waals surface area contributed by atoms with Crippen LogP contribution in [0.15, 0.2) is 59.5 Å². The second-order valence-electron chi connectivity index (χ2n) is 7.71. The second-order valence-corrected chi connectivity index (χ2v) is 8.10. The molecule has 1 saturated carbocycles. The highest BCUT2D eigenvalue weighted by Gasteiger charge is 2.27. The largest absolute Gasteiger partial charge is 0.346 e. The Morgan fingerprint density at radius 1 is 1.07 bits per heavy atom. The third-order valence-corrected chi connectivity index (χ3v) is 5.64. The van der Waals surface area contributed by atoms with Gasteiger partial charge in [0.1, 0.15) is 10.8 Å². The van der Waals surface area contributed by atoms with Crippen molar-refractivity contribution in [3.05, 3.63) is 81.4 Å². The van der Waals surface area contributed by atoms with E-state index in [9.17, 15) is 4.79 Å². The van der Waals surface area contributed by atoms with Crippen LogP contribution >= 0.6 is 11.6 Å². The number of nitrogens with one attached hydrogen (secondary N) is 1. The van der Waals surface area contributed by atoms with Crippen molar-refractivity contribution in [1.29, 1.82) is 0 Å². The molecule has 1 N–H and O–H groups in total. The van der Waals surface area contributed by atoms with E-state index in [1.54, 1.807) is 12.3 Å². The number of aromatic amines is 1. The molecule has 1 aliphatic rings. The summed E-state index contributed by atoms with van der Waals surface area (Å²) in [5.41, 5.74) is 6.33. The summed E-state index contributed by atoms with van der Waals surface area (Å²) in [7, 11) is 0. The second kappa shape index (κ2) is 7.12. The highest BCUT2D eigenvalue weighted by Crippen LogP contribution is 2.42. The summed E-state index contributed by atoms with van der Waals surface area (Å²) in [6, 6.07) is 15.6. The molecule has 0 amide bonds. The van der Waals surface area contributed by atoms with Gasteiger partial charge in [-0.05, 0) is 55.4 Å². The summed E-state index contributed by atoms with van der Waals surface area (Å²) in [6.45, 7) is 1.93. The van der Waals surface area contributed by atoms with Crippen molar-refractivity contribution in [3.8, 4) is 22.4 Å². The van der Waals surface area contributed by atoms with Gasteiger partial charge in [-0.15, -0.1) is 0 Å². The number of hydrogen-bond acceptors (Lipinski definition) is 3. The Balaban J connectivity index is 1.93. The number of H-pyrrole nitrogens is 1. The van der Waals surface area contributed by atoms with Crippen molar-refractivity contribution in [2.24, 2.45) is 5.92 Å². The normalized spacial score (nSPS) is 13.7. The summed E-state index contributed by atoms with van der Waals surface area (Å²) >= 11 is 6.32. The average Bonchev–Trinajstić information content (AvgIpc) is 3.51. The number of aromatic nitrogens is 3. The van der Waals surface area contributed by atoms with Crippen molar-refractivity contribution in [1.82, 2.24) is 15.0 Å². The van der Waals surface area contributed by atoms with Gasteiger partial charge in [-0.3, -0.25) is 4.79 Å². The number of rotatable bonds is 4. The Morgan fingerprint density at radius 3 is 2.59 bits per heavy atom. The van der Waals surface area contributed by atoms with Gasteiger partial charge < -0.3 is 4.98 Å². The maximum Gasteiger partial charge on any atom is 0.191 e. The number of benzene rings is 1. The van der Waals surface area contributed by atoms with Gasteiger partial charge in [0, 0.05) is 29.1 Å². The third kappa shape index (κ3) is 3.45. The van der Waals surface area contributed by atoms with Crippen LogP contribution in [0.5, 0.6) is 0 Å². The van der Waals surface area contributed by atoms with Gasteiger partial charge in [0.15, 0.2) is 5.43 Å². The van der Waals surface area contributed by atoms with E-state index in [0.29, 0.717) is 22.1 Å². The van der Waals surface area contributed by atoms with Crippen molar-refractivity contribution in [3.63, 3.8) is 0 Å². The SMILES string of the molecule is Cc1cc(-c2c(-c3ccccc3)nc3[nH]ccc(=O)c3c2CC2CC2)cc(Cl)n1. The Labute approximate surface area is 173 Å². The zero-order valence-corrected chi connectivity index (χ0v) is 16.8. The van der Waals surface area contributed by atoms with E-state index < -0.39 is 0 Å². The number of hydrogen-bond donors (Lipinski definition) is 1. The monoisotopic (exact) mass is 401 g/mol. The first-order valence-electron chi connectivity index (χ1n) is 9.84. The molecule has 0 radical (unpaired) electrons. The van der Waals surface area contributed by atoms with E-state index in [2.05, 4.69) is 22.1 Å². The number of pyridine rings is 3. The van der Waals surface area contributed by atoms with Crippen LogP contribution < -0.4 is 5.43 Å². The Kier molecular flexibility index (Phi) is 4.44. The van der Waals surface area contributed by atoms with Gasteiger partial charge in [-0.25, -0.2) is 9.97 Å². The summed E-state index contributed by atoms with van der Waals surface area (Å²) in [5, 5.41) is 1.12. The standard InChI is InChI=1S/C24H20ClN3O/c1-14-11-17(13-20(25)27-14)21-18(12-15-7-8-15)22-19(29)9-10-26-24(22)28-23(21)16-5-3-2-4-6-16/h2-6,9-11,13,15H,7-8,12H2,1H3,(H,26,28,29). The van der Waals surface area contributed by atoms with Gasteiger partial charge in [-0.1, -0.05) is 41.9 Å². The van der Waals surface area contributed by atoms with Crippen LogP contribution in [-0.4, -0.2) is 15.0 Å². The molecule has 0 spiro atoms. The number of aryl methyl sites for hydroxylation is 1. The van der Waals surface area contributed by atoms with Crippen LogP contribution in [0, 0.1) is 12.8 Å². The smallest absolute Gasteiger partial charge is 0.191 e. The molecule has 0 atom stereocenters. The lowest BCUT2D eigenvalue weighted by Crippen LogP contribution is -2.09. The highest BCUT2D eigenvalue weighted by atomic mass is 35.5. The molecular formula is C24H20ClN3O. The van der Waals surface area contributed by atoms with E-state index >= 15 is 0 Å². The molecular weight excluding hydrogens is 382 g/mol. The van der Waals surface area contributed by atoms with Gasteiger partial charge in [0.2, 0.25) is 0 Å². The van der Waals surface area contributed by atoms with Crippen LogP contribution in [0.1, 0.15) is 24.1 Å². The number of halogens is 1. The summed E-state index contributed by atoms with van der Waals surface area (Å²) in [5.74, 6) is 0.612. The van der Waals surface area contributed by atoms with Gasteiger partial charge >= 0.3 is 0 Å². The molecule has 1 aromatic carbocycles. The molecule has 144 valence electrons. The lowest BCUT2D eigenvalue weighted by atomic mass is 9.90. The fourth-order valence-electron chi connectivity index (χ4n) is 3.99. The molecule has 3 heterocycles. The van der Waals surface area contributed by atoms with Gasteiger partial charge in [0.05, 0.1) is 11.1 Å². The minimum atomic E-state index is -0.000336. The topological polar surface area (TPSA) is 58.6 Å². The quantitative estimate of drug-likeness (QED) is 0.455. The predicted molar refractivity (Wildman–Crippen MR) is 117 cm³/mol. The zero-order valence-electron chi connectivity index (χ0n) is 16.1. The minimum Gasteiger partial charge on any atom is -0.346 e. The third-order valence-electron chi connectivity index (χ3n) is 5.45. The maximum atomic E-state index is 12.9. The molecule has 5 heteroatoms. The average molecular weight is 402 g/mol. The molecule has 4 nitrogen and oxygen atoms in total. The molecule has 0 saturated heterocycles. The molecule has 29 heavy (non-hydrogen) atoms. The lowest BCUT2D eigenvalue weighted by molar-refractivity contribution is 0.838. The van der Waals surface area contributed by atoms with Crippen LogP contribution in [0.2, 0.25) is 5.15 Å². The van der Waals surface area contributed by atoms with E-state index in [4.69, 9.17) is 16.6 Å². The Morgan fingerprint density at radius 2 is 1.86 bits per heavy atom.